The van der Waals surface area contributed by atoms with Crippen molar-refractivity contribution in [2.75, 3.05) is 34.3 Å². The van der Waals surface area contributed by atoms with E-state index in [0.29, 0.717) is 6.04 Å². The van der Waals surface area contributed by atoms with E-state index in [1.165, 1.54) is 55.5 Å². The highest BCUT2D eigenvalue weighted by Crippen LogP contribution is 2.31. The maximum Gasteiger partial charge on any atom is 0.123 e. The Morgan fingerprint density at radius 1 is 1.30 bits per heavy atom. The highest BCUT2D eigenvalue weighted by Gasteiger charge is 2.24. The Hall–Kier alpha value is -1.06. The van der Waals surface area contributed by atoms with Crippen LogP contribution in [0.5, 0.6) is 5.75 Å². The molecule has 0 saturated carbocycles. The normalized spacial score (nSPS) is 22.5. The van der Waals surface area contributed by atoms with Crippen LogP contribution in [0.2, 0.25) is 0 Å². The molecule has 1 saturated heterocycles. The summed E-state index contributed by atoms with van der Waals surface area (Å²) in [6, 6.07) is 5.33. The molecule has 0 spiro atoms. The molecule has 1 heterocycles. The minimum Gasteiger partial charge on any atom is -0.496 e. The fourth-order valence-electron chi connectivity index (χ4n) is 3.64. The minimum atomic E-state index is 0.679. The number of aryl methyl sites for hydroxylation is 2. The van der Waals surface area contributed by atoms with Crippen LogP contribution in [0.3, 0.4) is 0 Å². The monoisotopic (exact) mass is 274 g/mol. The van der Waals surface area contributed by atoms with Gasteiger partial charge in [-0.25, -0.2) is 0 Å². The van der Waals surface area contributed by atoms with Gasteiger partial charge in [0.25, 0.3) is 0 Å². The molecule has 1 aliphatic carbocycles. The molecule has 1 aromatic rings. The summed E-state index contributed by atoms with van der Waals surface area (Å²) in [5.74, 6) is 1.07. The van der Waals surface area contributed by atoms with E-state index in [2.05, 4.69) is 36.0 Å². The average molecular weight is 274 g/mol. The highest BCUT2D eigenvalue weighted by atomic mass is 16.5. The molecule has 1 unspecified atom stereocenters. The molecule has 3 heteroatoms. The molecular weight excluding hydrogens is 248 g/mol. The molecule has 20 heavy (non-hydrogen) atoms. The molecule has 1 atom stereocenters. The number of rotatable bonds is 4. The maximum atomic E-state index is 5.62. The SMILES string of the molecule is COc1cc2c(cc1CN(C)C1CCN(C)C1)CCC2. The van der Waals surface area contributed by atoms with Crippen molar-refractivity contribution >= 4 is 0 Å². The Bertz CT molecular complexity index is 486. The van der Waals surface area contributed by atoms with Gasteiger partial charge in [0, 0.05) is 24.7 Å². The predicted molar refractivity (Wildman–Crippen MR) is 82.4 cm³/mol. The van der Waals surface area contributed by atoms with Gasteiger partial charge in [0.15, 0.2) is 0 Å². The molecule has 110 valence electrons. The van der Waals surface area contributed by atoms with Crippen LogP contribution in [-0.2, 0) is 19.4 Å². The standard InChI is InChI=1S/C17H26N2O/c1-18-8-7-16(12-18)19(2)11-15-9-13-5-4-6-14(13)10-17(15)20-3/h9-10,16H,4-8,11-12H2,1-3H3. The zero-order valence-electron chi connectivity index (χ0n) is 13.0. The van der Waals surface area contributed by atoms with Crippen LogP contribution in [0.25, 0.3) is 0 Å². The fraction of sp³-hybridized carbons (Fsp3) is 0.647. The zero-order valence-corrected chi connectivity index (χ0v) is 13.0. The lowest BCUT2D eigenvalue weighted by atomic mass is 10.0. The molecule has 1 aromatic carbocycles. The van der Waals surface area contributed by atoms with Gasteiger partial charge in [0.05, 0.1) is 7.11 Å². The van der Waals surface area contributed by atoms with Gasteiger partial charge in [0.1, 0.15) is 5.75 Å². The number of nitrogens with zero attached hydrogens (tertiary/aromatic N) is 2. The molecule has 0 aromatic heterocycles. The topological polar surface area (TPSA) is 15.7 Å². The van der Waals surface area contributed by atoms with E-state index in [4.69, 9.17) is 4.74 Å². The maximum absolute atomic E-state index is 5.62. The van der Waals surface area contributed by atoms with Gasteiger partial charge >= 0.3 is 0 Å². The van der Waals surface area contributed by atoms with Crippen LogP contribution in [-0.4, -0.2) is 50.1 Å². The largest absolute Gasteiger partial charge is 0.496 e. The molecule has 2 aliphatic rings. The molecule has 0 bridgehead atoms. The average Bonchev–Trinajstić information content (AvgIpc) is 3.05. The second-order valence-corrected chi connectivity index (χ2v) is 6.41. The Balaban J connectivity index is 1.76. The third kappa shape index (κ3) is 2.70. The molecule has 3 nitrogen and oxygen atoms in total. The first-order valence-electron chi connectivity index (χ1n) is 7.75. The van der Waals surface area contributed by atoms with Gasteiger partial charge in [0.2, 0.25) is 0 Å². The van der Waals surface area contributed by atoms with Crippen molar-refractivity contribution < 1.29 is 4.74 Å². The van der Waals surface area contributed by atoms with Crippen LogP contribution in [0.1, 0.15) is 29.5 Å². The van der Waals surface area contributed by atoms with Gasteiger partial charge in [-0.2, -0.15) is 0 Å². The summed E-state index contributed by atoms with van der Waals surface area (Å²) >= 11 is 0. The molecule has 1 fully saturated rings. The van der Waals surface area contributed by atoms with Crippen LogP contribution in [0.4, 0.5) is 0 Å². The number of ether oxygens (including phenoxy) is 1. The molecule has 0 radical (unpaired) electrons. The number of fused-ring (bicyclic) bond motifs is 1. The van der Waals surface area contributed by atoms with Crippen molar-refractivity contribution in [1.29, 1.82) is 0 Å². The summed E-state index contributed by atoms with van der Waals surface area (Å²) in [5, 5.41) is 0. The van der Waals surface area contributed by atoms with E-state index in [0.717, 1.165) is 12.3 Å². The van der Waals surface area contributed by atoms with Crippen molar-refractivity contribution in [3.63, 3.8) is 0 Å². The van der Waals surface area contributed by atoms with Crippen molar-refractivity contribution in [1.82, 2.24) is 9.80 Å². The molecule has 0 amide bonds. The molecule has 1 aliphatic heterocycles. The minimum absolute atomic E-state index is 0.679. The predicted octanol–water partition coefficient (Wildman–Crippen LogP) is 2.32. The van der Waals surface area contributed by atoms with Crippen molar-refractivity contribution in [2.24, 2.45) is 0 Å². The van der Waals surface area contributed by atoms with E-state index in [9.17, 15) is 0 Å². The first-order valence-corrected chi connectivity index (χ1v) is 7.75. The van der Waals surface area contributed by atoms with Crippen molar-refractivity contribution in [2.45, 2.75) is 38.3 Å². The third-order valence-electron chi connectivity index (χ3n) is 4.90. The third-order valence-corrected chi connectivity index (χ3v) is 4.90. The summed E-state index contributed by atoms with van der Waals surface area (Å²) in [6.07, 6.45) is 5.03. The summed E-state index contributed by atoms with van der Waals surface area (Å²) in [4.78, 5) is 4.91. The van der Waals surface area contributed by atoms with Gasteiger partial charge in [-0.1, -0.05) is 6.07 Å². The van der Waals surface area contributed by atoms with Crippen LogP contribution in [0, 0.1) is 0 Å². The molecular formula is C17H26N2O. The van der Waals surface area contributed by atoms with E-state index < -0.39 is 0 Å². The van der Waals surface area contributed by atoms with E-state index in [-0.39, 0.29) is 0 Å². The first kappa shape index (κ1) is 13.9. The first-order chi connectivity index (χ1) is 9.67. The van der Waals surface area contributed by atoms with Crippen LogP contribution < -0.4 is 4.74 Å². The lowest BCUT2D eigenvalue weighted by Crippen LogP contribution is -2.33. The Morgan fingerprint density at radius 3 is 2.70 bits per heavy atom. The molecule has 0 N–H and O–H groups in total. The smallest absolute Gasteiger partial charge is 0.123 e. The Labute approximate surface area is 122 Å². The van der Waals surface area contributed by atoms with Crippen molar-refractivity contribution in [3.8, 4) is 5.75 Å². The second-order valence-electron chi connectivity index (χ2n) is 6.41. The van der Waals surface area contributed by atoms with Gasteiger partial charge < -0.3 is 9.64 Å². The second kappa shape index (κ2) is 5.74. The number of benzene rings is 1. The Morgan fingerprint density at radius 2 is 2.05 bits per heavy atom. The quantitative estimate of drug-likeness (QED) is 0.838. The summed E-state index contributed by atoms with van der Waals surface area (Å²) in [7, 11) is 6.25. The number of methoxy groups -OCH3 is 1. The van der Waals surface area contributed by atoms with E-state index in [1.807, 2.05) is 0 Å². The van der Waals surface area contributed by atoms with E-state index in [1.54, 1.807) is 7.11 Å². The lowest BCUT2D eigenvalue weighted by molar-refractivity contribution is 0.231. The highest BCUT2D eigenvalue weighted by molar-refractivity contribution is 5.44. The zero-order chi connectivity index (χ0) is 14.1. The number of hydrogen-bond acceptors (Lipinski definition) is 3. The van der Waals surface area contributed by atoms with Gasteiger partial charge in [-0.15, -0.1) is 0 Å². The van der Waals surface area contributed by atoms with E-state index >= 15 is 0 Å². The van der Waals surface area contributed by atoms with Crippen LogP contribution >= 0.6 is 0 Å². The van der Waals surface area contributed by atoms with Gasteiger partial charge in [-0.3, -0.25) is 4.90 Å². The van der Waals surface area contributed by atoms with Gasteiger partial charge in [-0.05, 0) is 63.5 Å². The fourth-order valence-corrected chi connectivity index (χ4v) is 3.64. The summed E-state index contributed by atoms with van der Waals surface area (Å²) < 4.78 is 5.62. The van der Waals surface area contributed by atoms with Crippen molar-refractivity contribution in [3.05, 3.63) is 28.8 Å². The molecule has 3 rings (SSSR count). The number of likely N-dealkylation sites (tertiary alicyclic amines) is 1. The lowest BCUT2D eigenvalue weighted by Gasteiger charge is -2.25. The number of hydrogen-bond donors (Lipinski definition) is 0. The Kier molecular flexibility index (Phi) is 3.99. The summed E-state index contributed by atoms with van der Waals surface area (Å²) in [6.45, 7) is 3.40. The summed E-state index contributed by atoms with van der Waals surface area (Å²) in [5.41, 5.74) is 4.39. The number of likely N-dealkylation sites (N-methyl/N-ethyl adjacent to an activating group) is 2. The van der Waals surface area contributed by atoms with Crippen LogP contribution in [0.15, 0.2) is 12.1 Å².